The molecule has 2 aromatic rings. The lowest BCUT2D eigenvalue weighted by molar-refractivity contribution is -0.0631. The van der Waals surface area contributed by atoms with E-state index < -0.39 is 0 Å². The van der Waals surface area contributed by atoms with Gasteiger partial charge in [-0.3, -0.25) is 4.90 Å². The molecule has 2 atom stereocenters. The van der Waals surface area contributed by atoms with Crippen molar-refractivity contribution in [3.8, 4) is 0 Å². The number of morpholine rings is 1. The first kappa shape index (κ1) is 17.8. The maximum Gasteiger partial charge on any atom is 0.123 e. The largest absolute Gasteiger partial charge is 0.374 e. The molecule has 0 aliphatic carbocycles. The van der Waals surface area contributed by atoms with Gasteiger partial charge in [-0.1, -0.05) is 24.3 Å². The Kier molecular flexibility index (Phi) is 5.96. The molecule has 1 saturated heterocycles. The van der Waals surface area contributed by atoms with E-state index in [1.165, 1.54) is 12.1 Å². The van der Waals surface area contributed by atoms with Gasteiger partial charge in [-0.25, -0.2) is 9.37 Å². The van der Waals surface area contributed by atoms with Crippen molar-refractivity contribution in [1.29, 1.82) is 0 Å². The number of hydrogen-bond acceptors (Lipinski definition) is 4. The zero-order chi connectivity index (χ0) is 17.6. The van der Waals surface area contributed by atoms with Crippen LogP contribution in [0, 0.1) is 5.82 Å². The van der Waals surface area contributed by atoms with Crippen molar-refractivity contribution in [1.82, 2.24) is 19.8 Å². The number of aryl methyl sites for hydroxylation is 1. The second kappa shape index (κ2) is 8.38. The third-order valence-electron chi connectivity index (χ3n) is 4.55. The topological polar surface area (TPSA) is 42.3 Å². The minimum Gasteiger partial charge on any atom is -0.374 e. The van der Waals surface area contributed by atoms with Crippen molar-refractivity contribution in [3.05, 3.63) is 59.9 Å². The maximum atomic E-state index is 12.9. The van der Waals surface area contributed by atoms with E-state index in [0.29, 0.717) is 0 Å². The van der Waals surface area contributed by atoms with Crippen LogP contribution in [0.25, 0.3) is 6.08 Å². The zero-order valence-corrected chi connectivity index (χ0v) is 14.7. The van der Waals surface area contributed by atoms with Crippen LogP contribution in [0.15, 0.2) is 42.9 Å². The quantitative estimate of drug-likeness (QED) is 0.816. The SMILES string of the molecule is CN1CCO[C@@H](CNC/C=C/c2ccc(F)cc2)[C@@H]1c1cncn1C. The molecular weight excluding hydrogens is 319 g/mol. The zero-order valence-electron chi connectivity index (χ0n) is 14.7. The van der Waals surface area contributed by atoms with Crippen LogP contribution in [0.4, 0.5) is 4.39 Å². The van der Waals surface area contributed by atoms with Gasteiger partial charge in [0.25, 0.3) is 0 Å². The minimum atomic E-state index is -0.213. The summed E-state index contributed by atoms with van der Waals surface area (Å²) in [6.07, 6.45) is 7.84. The van der Waals surface area contributed by atoms with Crippen LogP contribution in [-0.2, 0) is 11.8 Å². The molecule has 1 fully saturated rings. The van der Waals surface area contributed by atoms with Gasteiger partial charge in [0.15, 0.2) is 0 Å². The maximum absolute atomic E-state index is 12.9. The molecule has 1 aromatic heterocycles. The van der Waals surface area contributed by atoms with E-state index in [1.807, 2.05) is 31.7 Å². The summed E-state index contributed by atoms with van der Waals surface area (Å²) in [7, 11) is 4.14. The van der Waals surface area contributed by atoms with Crippen LogP contribution >= 0.6 is 0 Å². The first-order chi connectivity index (χ1) is 12.1. The van der Waals surface area contributed by atoms with E-state index in [-0.39, 0.29) is 18.0 Å². The Morgan fingerprint density at radius 3 is 2.84 bits per heavy atom. The van der Waals surface area contributed by atoms with Crippen molar-refractivity contribution >= 4 is 6.08 Å². The fourth-order valence-corrected chi connectivity index (χ4v) is 3.18. The Hall–Kier alpha value is -2.02. The molecule has 0 unspecified atom stereocenters. The highest BCUT2D eigenvalue weighted by Crippen LogP contribution is 2.27. The molecule has 1 aliphatic heterocycles. The molecule has 3 rings (SSSR count). The predicted molar refractivity (Wildman–Crippen MR) is 96.6 cm³/mol. The lowest BCUT2D eigenvalue weighted by Crippen LogP contribution is -2.48. The van der Waals surface area contributed by atoms with Crippen molar-refractivity contribution in [2.75, 3.05) is 33.3 Å². The van der Waals surface area contributed by atoms with E-state index in [2.05, 4.69) is 26.8 Å². The number of benzene rings is 1. The van der Waals surface area contributed by atoms with Crippen LogP contribution in [0.3, 0.4) is 0 Å². The van der Waals surface area contributed by atoms with E-state index in [0.717, 1.165) is 37.5 Å². The van der Waals surface area contributed by atoms with Crippen LogP contribution in [0.1, 0.15) is 17.3 Å². The van der Waals surface area contributed by atoms with Gasteiger partial charge in [-0.2, -0.15) is 0 Å². The van der Waals surface area contributed by atoms with Crippen LogP contribution in [0.5, 0.6) is 0 Å². The molecule has 25 heavy (non-hydrogen) atoms. The summed E-state index contributed by atoms with van der Waals surface area (Å²) in [5.74, 6) is -0.213. The summed E-state index contributed by atoms with van der Waals surface area (Å²) in [6.45, 7) is 3.15. The molecule has 2 heterocycles. The number of ether oxygens (including phenoxy) is 1. The number of aromatic nitrogens is 2. The average molecular weight is 344 g/mol. The lowest BCUT2D eigenvalue weighted by Gasteiger charge is -2.39. The fourth-order valence-electron chi connectivity index (χ4n) is 3.18. The van der Waals surface area contributed by atoms with Crippen molar-refractivity contribution in [2.24, 2.45) is 7.05 Å². The van der Waals surface area contributed by atoms with Gasteiger partial charge in [0.1, 0.15) is 5.82 Å². The van der Waals surface area contributed by atoms with Gasteiger partial charge in [0, 0.05) is 32.9 Å². The number of halogens is 1. The summed E-state index contributed by atoms with van der Waals surface area (Å²) >= 11 is 0. The minimum absolute atomic E-state index is 0.0772. The molecule has 1 N–H and O–H groups in total. The molecule has 0 amide bonds. The molecule has 134 valence electrons. The summed E-state index contributed by atoms with van der Waals surface area (Å²) in [5.41, 5.74) is 2.15. The number of hydrogen-bond donors (Lipinski definition) is 1. The van der Waals surface area contributed by atoms with Gasteiger partial charge in [-0.05, 0) is 24.7 Å². The smallest absolute Gasteiger partial charge is 0.123 e. The summed E-state index contributed by atoms with van der Waals surface area (Å²) in [5, 5.41) is 3.43. The average Bonchev–Trinajstić information content (AvgIpc) is 3.02. The van der Waals surface area contributed by atoms with Gasteiger partial charge < -0.3 is 14.6 Å². The predicted octanol–water partition coefficient (Wildman–Crippen LogP) is 2.23. The van der Waals surface area contributed by atoms with Crippen molar-refractivity contribution in [3.63, 3.8) is 0 Å². The number of nitrogens with zero attached hydrogens (tertiary/aromatic N) is 3. The molecule has 6 heteroatoms. The Morgan fingerprint density at radius 2 is 2.12 bits per heavy atom. The third-order valence-corrected chi connectivity index (χ3v) is 4.55. The summed E-state index contributed by atoms with van der Waals surface area (Å²) in [4.78, 5) is 6.56. The number of nitrogens with one attached hydrogen (secondary N) is 1. The van der Waals surface area contributed by atoms with Crippen molar-refractivity contribution < 1.29 is 9.13 Å². The fraction of sp³-hybridized carbons (Fsp3) is 0.421. The van der Waals surface area contributed by atoms with Crippen LogP contribution in [0.2, 0.25) is 0 Å². The molecule has 1 aromatic carbocycles. The van der Waals surface area contributed by atoms with E-state index >= 15 is 0 Å². The van der Waals surface area contributed by atoms with E-state index in [4.69, 9.17) is 4.74 Å². The summed E-state index contributed by atoms with van der Waals surface area (Å²) < 4.78 is 20.9. The first-order valence-electron chi connectivity index (χ1n) is 8.56. The van der Waals surface area contributed by atoms with Gasteiger partial charge in [0.2, 0.25) is 0 Å². The molecule has 0 spiro atoms. The second-order valence-corrected chi connectivity index (χ2v) is 6.38. The van der Waals surface area contributed by atoms with Gasteiger partial charge >= 0.3 is 0 Å². The third kappa shape index (κ3) is 4.54. The Bertz CT molecular complexity index is 698. The van der Waals surface area contributed by atoms with E-state index in [9.17, 15) is 4.39 Å². The first-order valence-corrected chi connectivity index (χ1v) is 8.56. The molecule has 1 aliphatic rings. The highest BCUT2D eigenvalue weighted by atomic mass is 19.1. The van der Waals surface area contributed by atoms with Crippen molar-refractivity contribution in [2.45, 2.75) is 12.1 Å². The molecule has 5 nitrogen and oxygen atoms in total. The monoisotopic (exact) mass is 344 g/mol. The molecule has 0 radical (unpaired) electrons. The second-order valence-electron chi connectivity index (χ2n) is 6.38. The lowest BCUT2D eigenvalue weighted by atomic mass is 10.0. The molecular formula is C19H25FN4O. The number of imidazole rings is 1. The highest BCUT2D eigenvalue weighted by Gasteiger charge is 2.32. The normalized spacial score (nSPS) is 21.9. The van der Waals surface area contributed by atoms with Crippen LogP contribution < -0.4 is 5.32 Å². The number of rotatable bonds is 6. The van der Waals surface area contributed by atoms with Gasteiger partial charge in [-0.15, -0.1) is 0 Å². The van der Waals surface area contributed by atoms with Gasteiger partial charge in [0.05, 0.1) is 30.8 Å². The van der Waals surface area contributed by atoms with E-state index in [1.54, 1.807) is 12.1 Å². The Balaban J connectivity index is 1.54. The highest BCUT2D eigenvalue weighted by molar-refractivity contribution is 5.48. The Labute approximate surface area is 148 Å². The molecule has 0 bridgehead atoms. The number of likely N-dealkylation sites (N-methyl/N-ethyl adjacent to an activating group) is 1. The van der Waals surface area contributed by atoms with Crippen LogP contribution in [-0.4, -0.2) is 53.8 Å². The summed E-state index contributed by atoms with van der Waals surface area (Å²) in [6, 6.07) is 6.66. The molecule has 0 saturated carbocycles. The Morgan fingerprint density at radius 1 is 1.32 bits per heavy atom. The standard InChI is InChI=1S/C19H25FN4O/c1-23-10-11-25-18(19(23)17-12-22-14-24(17)2)13-21-9-3-4-15-5-7-16(20)8-6-15/h3-8,12,14,18-19,21H,9-11,13H2,1-2H3/b4-3+/t18-,19-/m0/s1.